The molecule has 0 amide bonds. The quantitative estimate of drug-likeness (QED) is 0.802. The molecule has 0 radical (unpaired) electrons. The Kier molecular flexibility index (Phi) is 3.75. The first-order chi connectivity index (χ1) is 7.36. The Balaban J connectivity index is 1.68. The van der Waals surface area contributed by atoms with Gasteiger partial charge in [-0.05, 0) is 25.3 Å². The zero-order valence-corrected chi connectivity index (χ0v) is 9.28. The smallest absolute Gasteiger partial charge is 0.134 e. The maximum Gasteiger partial charge on any atom is 0.134 e. The van der Waals surface area contributed by atoms with Crippen molar-refractivity contribution in [3.05, 3.63) is 18.2 Å². The van der Waals surface area contributed by atoms with E-state index in [-0.39, 0.29) is 0 Å². The van der Waals surface area contributed by atoms with Crippen molar-refractivity contribution in [1.82, 2.24) is 14.9 Å². The van der Waals surface area contributed by atoms with Gasteiger partial charge in [-0.2, -0.15) is 0 Å². The Morgan fingerprint density at radius 1 is 1.67 bits per heavy atom. The maximum atomic E-state index is 5.68. The minimum absolute atomic E-state index is 0.625. The van der Waals surface area contributed by atoms with Crippen LogP contribution in [-0.4, -0.2) is 29.2 Å². The number of rotatable bonds is 4. The Labute approximate surface area is 90.6 Å². The summed E-state index contributed by atoms with van der Waals surface area (Å²) in [5.41, 5.74) is 0. The number of piperidine rings is 1. The average Bonchev–Trinajstić information content (AvgIpc) is 2.66. The summed E-state index contributed by atoms with van der Waals surface area (Å²) in [5, 5.41) is 3.39. The van der Waals surface area contributed by atoms with Crippen molar-refractivity contribution in [2.24, 2.45) is 13.0 Å². The third-order valence-electron chi connectivity index (χ3n) is 2.90. The molecular weight excluding hydrogens is 190 g/mol. The molecule has 4 nitrogen and oxygen atoms in total. The number of hydrogen-bond donors (Lipinski definition) is 1. The molecule has 15 heavy (non-hydrogen) atoms. The monoisotopic (exact) mass is 209 g/mol. The molecule has 0 aromatic carbocycles. The number of nitrogens with one attached hydrogen (secondary N) is 1. The lowest BCUT2D eigenvalue weighted by molar-refractivity contribution is 0.0729. The third-order valence-corrected chi connectivity index (χ3v) is 2.90. The summed E-state index contributed by atoms with van der Waals surface area (Å²) in [6.45, 7) is 3.73. The highest BCUT2D eigenvalue weighted by Gasteiger charge is 2.12. The zero-order chi connectivity index (χ0) is 10.5. The molecule has 1 aromatic rings. The van der Waals surface area contributed by atoms with Crippen LogP contribution in [0.3, 0.4) is 0 Å². The van der Waals surface area contributed by atoms with Gasteiger partial charge >= 0.3 is 0 Å². The average molecular weight is 209 g/mol. The highest BCUT2D eigenvalue weighted by molar-refractivity contribution is 4.88. The molecule has 0 aliphatic carbocycles. The van der Waals surface area contributed by atoms with E-state index in [0.717, 1.165) is 25.5 Å². The normalized spacial score (nSPS) is 21.8. The fourth-order valence-electron chi connectivity index (χ4n) is 1.92. The molecule has 84 valence electrons. The van der Waals surface area contributed by atoms with E-state index in [1.165, 1.54) is 12.8 Å². The van der Waals surface area contributed by atoms with Crippen LogP contribution in [0.15, 0.2) is 12.4 Å². The molecule has 1 fully saturated rings. The number of aryl methyl sites for hydroxylation is 1. The van der Waals surface area contributed by atoms with Crippen LogP contribution < -0.4 is 5.32 Å². The van der Waals surface area contributed by atoms with E-state index in [0.29, 0.717) is 12.5 Å². The van der Waals surface area contributed by atoms with Gasteiger partial charge in [0.05, 0.1) is 6.61 Å². The Bertz CT molecular complexity index is 292. The van der Waals surface area contributed by atoms with Crippen molar-refractivity contribution in [1.29, 1.82) is 0 Å². The highest BCUT2D eigenvalue weighted by Crippen LogP contribution is 2.10. The molecule has 2 heterocycles. The van der Waals surface area contributed by atoms with Gasteiger partial charge in [0.15, 0.2) is 0 Å². The van der Waals surface area contributed by atoms with Crippen LogP contribution in [0, 0.1) is 5.92 Å². The summed E-state index contributed by atoms with van der Waals surface area (Å²) in [4.78, 5) is 4.22. The van der Waals surface area contributed by atoms with Gasteiger partial charge in [0.1, 0.15) is 12.4 Å². The Hall–Kier alpha value is -0.870. The molecule has 1 aromatic heterocycles. The van der Waals surface area contributed by atoms with E-state index >= 15 is 0 Å². The standard InChI is InChI=1S/C11H19N3O/c1-14-6-5-13-11(14)9-15-8-10-3-2-4-12-7-10/h5-6,10,12H,2-4,7-9H2,1H3. The van der Waals surface area contributed by atoms with Gasteiger partial charge in [0.25, 0.3) is 0 Å². The van der Waals surface area contributed by atoms with Crippen LogP contribution in [0.4, 0.5) is 0 Å². The van der Waals surface area contributed by atoms with Crippen LogP contribution >= 0.6 is 0 Å². The number of ether oxygens (including phenoxy) is 1. The molecule has 1 atom stereocenters. The molecular formula is C11H19N3O. The fourth-order valence-corrected chi connectivity index (χ4v) is 1.92. The van der Waals surface area contributed by atoms with E-state index in [1.807, 2.05) is 17.8 Å². The summed E-state index contributed by atoms with van der Waals surface area (Å²) in [5.74, 6) is 1.68. The van der Waals surface area contributed by atoms with Crippen LogP contribution in [0.25, 0.3) is 0 Å². The molecule has 1 unspecified atom stereocenters. The predicted octanol–water partition coefficient (Wildman–Crippen LogP) is 0.936. The Morgan fingerprint density at radius 3 is 3.27 bits per heavy atom. The summed E-state index contributed by atoms with van der Waals surface area (Å²) in [6, 6.07) is 0. The first-order valence-electron chi connectivity index (χ1n) is 5.61. The summed E-state index contributed by atoms with van der Waals surface area (Å²) in [7, 11) is 1.99. The second-order valence-corrected chi connectivity index (χ2v) is 4.18. The van der Waals surface area contributed by atoms with Gasteiger partial charge in [0, 0.05) is 26.0 Å². The van der Waals surface area contributed by atoms with Crippen molar-refractivity contribution in [3.8, 4) is 0 Å². The van der Waals surface area contributed by atoms with Crippen molar-refractivity contribution in [3.63, 3.8) is 0 Å². The molecule has 1 saturated heterocycles. The van der Waals surface area contributed by atoms with Gasteiger partial charge in [-0.3, -0.25) is 0 Å². The van der Waals surface area contributed by atoms with Gasteiger partial charge in [-0.15, -0.1) is 0 Å². The molecule has 2 rings (SSSR count). The lowest BCUT2D eigenvalue weighted by atomic mass is 10.0. The summed E-state index contributed by atoms with van der Waals surface area (Å²) < 4.78 is 7.67. The lowest BCUT2D eigenvalue weighted by Gasteiger charge is -2.22. The fraction of sp³-hybridized carbons (Fsp3) is 0.727. The van der Waals surface area contributed by atoms with Gasteiger partial charge < -0.3 is 14.6 Å². The van der Waals surface area contributed by atoms with Crippen molar-refractivity contribution < 1.29 is 4.74 Å². The van der Waals surface area contributed by atoms with E-state index in [4.69, 9.17) is 4.74 Å². The third kappa shape index (κ3) is 3.04. The minimum Gasteiger partial charge on any atom is -0.373 e. The second-order valence-electron chi connectivity index (χ2n) is 4.18. The van der Waals surface area contributed by atoms with Crippen LogP contribution in [0.1, 0.15) is 18.7 Å². The topological polar surface area (TPSA) is 39.1 Å². The Morgan fingerprint density at radius 2 is 2.60 bits per heavy atom. The number of imidazole rings is 1. The highest BCUT2D eigenvalue weighted by atomic mass is 16.5. The van der Waals surface area contributed by atoms with Crippen LogP contribution in [0.5, 0.6) is 0 Å². The molecule has 1 aliphatic heterocycles. The van der Waals surface area contributed by atoms with Gasteiger partial charge in [0.2, 0.25) is 0 Å². The van der Waals surface area contributed by atoms with Crippen molar-refractivity contribution in [2.75, 3.05) is 19.7 Å². The number of aromatic nitrogens is 2. The van der Waals surface area contributed by atoms with Gasteiger partial charge in [-0.1, -0.05) is 0 Å². The lowest BCUT2D eigenvalue weighted by Crippen LogP contribution is -2.32. The minimum atomic E-state index is 0.625. The van der Waals surface area contributed by atoms with Crippen LogP contribution in [0.2, 0.25) is 0 Å². The van der Waals surface area contributed by atoms with Crippen molar-refractivity contribution >= 4 is 0 Å². The summed E-state index contributed by atoms with van der Waals surface area (Å²) in [6.07, 6.45) is 6.31. The van der Waals surface area contributed by atoms with E-state index < -0.39 is 0 Å². The van der Waals surface area contributed by atoms with Gasteiger partial charge in [-0.25, -0.2) is 4.98 Å². The van der Waals surface area contributed by atoms with Crippen LogP contribution in [-0.2, 0) is 18.4 Å². The number of hydrogen-bond acceptors (Lipinski definition) is 3. The molecule has 0 bridgehead atoms. The van der Waals surface area contributed by atoms with E-state index in [2.05, 4.69) is 10.3 Å². The molecule has 1 N–H and O–H groups in total. The molecule has 0 saturated carbocycles. The largest absolute Gasteiger partial charge is 0.373 e. The van der Waals surface area contributed by atoms with Crippen molar-refractivity contribution in [2.45, 2.75) is 19.4 Å². The molecule has 4 heteroatoms. The zero-order valence-electron chi connectivity index (χ0n) is 9.28. The molecule has 1 aliphatic rings. The molecule has 0 spiro atoms. The summed E-state index contributed by atoms with van der Waals surface area (Å²) >= 11 is 0. The first-order valence-corrected chi connectivity index (χ1v) is 5.61. The van der Waals surface area contributed by atoms with E-state index in [1.54, 1.807) is 6.20 Å². The van der Waals surface area contributed by atoms with E-state index in [9.17, 15) is 0 Å². The second kappa shape index (κ2) is 5.28. The predicted molar refractivity (Wildman–Crippen MR) is 58.5 cm³/mol. The first kappa shape index (κ1) is 10.6. The number of nitrogens with zero attached hydrogens (tertiary/aromatic N) is 2. The maximum absolute atomic E-state index is 5.68. The SMILES string of the molecule is Cn1ccnc1COCC1CCCNC1.